The molecule has 0 spiro atoms. The summed E-state index contributed by atoms with van der Waals surface area (Å²) in [4.78, 5) is 8.31. The summed E-state index contributed by atoms with van der Waals surface area (Å²) in [5.41, 5.74) is 6.42. The van der Waals surface area contributed by atoms with Gasteiger partial charge in [-0.05, 0) is 19.1 Å². The molecule has 0 fully saturated rings. The van der Waals surface area contributed by atoms with Crippen LogP contribution >= 0.6 is 41.7 Å². The number of para-hydroxylation sites is 1. The van der Waals surface area contributed by atoms with Gasteiger partial charge >= 0.3 is 0 Å². The minimum atomic E-state index is -0.500. The molecule has 0 saturated carbocycles. The molecule has 2 N–H and O–H groups in total. The summed E-state index contributed by atoms with van der Waals surface area (Å²) in [6.45, 7) is 4.23. The van der Waals surface area contributed by atoms with Crippen molar-refractivity contribution in [2.75, 3.05) is 12.8 Å². The van der Waals surface area contributed by atoms with Crippen LogP contribution in [-0.4, -0.2) is 29.6 Å². The van der Waals surface area contributed by atoms with Crippen molar-refractivity contribution in [3.63, 3.8) is 0 Å². The van der Waals surface area contributed by atoms with Crippen LogP contribution in [0.15, 0.2) is 24.3 Å². The summed E-state index contributed by atoms with van der Waals surface area (Å²) in [6, 6.07) is 7.56. The van der Waals surface area contributed by atoms with Crippen LogP contribution in [0, 0.1) is 10.1 Å². The second-order valence-electron chi connectivity index (χ2n) is 3.32. The first kappa shape index (κ1) is 24.4. The molecule has 4 atom stereocenters. The highest BCUT2D eigenvalue weighted by atomic mass is 32.8. The molecule has 1 aromatic carbocycles. The third kappa shape index (κ3) is 11.6. The molecular weight excluding hydrogens is 374 g/mol. The normalized spacial score (nSPS) is 9.41. The summed E-state index contributed by atoms with van der Waals surface area (Å²) in [6.07, 6.45) is 0. The molecule has 2 rings (SSSR count). The highest BCUT2D eigenvalue weighted by Crippen LogP contribution is 2.71. The molecule has 2 aromatic rings. The van der Waals surface area contributed by atoms with Crippen molar-refractivity contribution in [2.24, 2.45) is 0 Å². The minimum Gasteiger partial charge on any atom is -0.382 e. The molecule has 0 aliphatic carbocycles. The van der Waals surface area contributed by atoms with Gasteiger partial charge in [-0.15, -0.1) is 26.8 Å². The summed E-state index contributed by atoms with van der Waals surface area (Å²) in [7, 11) is 15.6. The maximum absolute atomic E-state index is 8.81. The number of aromatic nitrogens is 2. The lowest BCUT2D eigenvalue weighted by molar-refractivity contribution is -0.445. The molecule has 22 heavy (non-hydrogen) atoms. The van der Waals surface area contributed by atoms with Crippen LogP contribution in [0.25, 0.3) is 10.9 Å². The number of nitrogens with two attached hydrogens (primary N) is 1. The first-order chi connectivity index (χ1) is 10.3. The summed E-state index contributed by atoms with van der Waals surface area (Å²) in [5, 5.41) is 13.6. The maximum atomic E-state index is 8.81. The number of rotatable bonds is 1. The Balaban J connectivity index is 0. The Labute approximate surface area is 142 Å². The number of nitrogen functional groups attached to an aromatic ring is 1. The average Bonchev–Trinajstić information content (AvgIpc) is 2.77. The molecule has 6 nitrogen and oxygen atoms in total. The number of hydrogen-bond acceptors (Lipinski definition) is 4. The molecule has 0 aliphatic heterocycles. The van der Waals surface area contributed by atoms with Crippen molar-refractivity contribution in [3.05, 3.63) is 34.4 Å². The van der Waals surface area contributed by atoms with Crippen molar-refractivity contribution >= 4 is 66.4 Å². The van der Waals surface area contributed by atoms with Gasteiger partial charge in [-0.25, -0.2) is 0 Å². The van der Waals surface area contributed by atoms with E-state index in [1.807, 2.05) is 38.1 Å². The monoisotopic (exact) mass is 396 g/mol. The van der Waals surface area contributed by atoms with Gasteiger partial charge in [-0.3, -0.25) is 10.1 Å². The van der Waals surface area contributed by atoms with E-state index < -0.39 is 4.92 Å². The van der Waals surface area contributed by atoms with Gasteiger partial charge in [-0.1, -0.05) is 33.9 Å². The second-order valence-corrected chi connectivity index (χ2v) is 17.3. The smallest absolute Gasteiger partial charge is 0.265 e. The van der Waals surface area contributed by atoms with Crippen molar-refractivity contribution in [2.45, 2.75) is 13.8 Å². The Morgan fingerprint density at radius 3 is 2.18 bits per heavy atom. The Kier molecular flexibility index (Phi) is 16.3. The molecule has 0 bridgehead atoms. The van der Waals surface area contributed by atoms with Crippen molar-refractivity contribution < 1.29 is 4.92 Å². The van der Waals surface area contributed by atoms with Gasteiger partial charge in [0.25, 0.3) is 7.98 Å². The fraction of sp³-hybridized carbons (Fsp3) is 0.300. The van der Waals surface area contributed by atoms with Crippen LogP contribution in [0.1, 0.15) is 13.8 Å². The molecule has 0 aliphatic rings. The number of fused-ring (bicyclic) bond motifs is 1. The Morgan fingerprint density at radius 1 is 1.41 bits per heavy atom. The van der Waals surface area contributed by atoms with E-state index in [2.05, 4.69) is 31.9 Å². The van der Waals surface area contributed by atoms with E-state index in [9.17, 15) is 0 Å². The lowest BCUT2D eigenvalue weighted by atomic mass is 10.2. The van der Waals surface area contributed by atoms with Crippen molar-refractivity contribution in [1.82, 2.24) is 9.69 Å². The molecule has 1 heterocycles. The van der Waals surface area contributed by atoms with E-state index in [1.54, 1.807) is 0 Å². The summed E-state index contributed by atoms with van der Waals surface area (Å²) in [5.74, 6) is 0.475. The van der Waals surface area contributed by atoms with E-state index >= 15 is 0 Å². The van der Waals surface area contributed by atoms with Crippen LogP contribution in [-0.2, 0) is 0 Å². The zero-order chi connectivity index (χ0) is 17.7. The SMILES string of the molecule is CC.C[N+](=O)[O-].PPP(P)P.[B]n1nc(N)c2ccccc21. The predicted molar refractivity (Wildman–Crippen MR) is 114 cm³/mol. The van der Waals surface area contributed by atoms with E-state index in [0.717, 1.165) is 25.9 Å². The van der Waals surface area contributed by atoms with E-state index in [0.29, 0.717) is 5.82 Å². The Bertz CT molecular complexity index is 515. The summed E-state index contributed by atoms with van der Waals surface area (Å²) >= 11 is 0. The molecule has 1 aromatic heterocycles. The zero-order valence-corrected chi connectivity index (χ0v) is 18.2. The molecule has 0 amide bonds. The quantitative estimate of drug-likeness (QED) is 0.343. The molecular formula is C10H22BN4O2P5. The van der Waals surface area contributed by atoms with Gasteiger partial charge in [-0.2, -0.15) is 5.10 Å². The molecule has 4 unspecified atom stereocenters. The van der Waals surface area contributed by atoms with Crippen LogP contribution in [0.3, 0.4) is 0 Å². The van der Waals surface area contributed by atoms with Crippen LogP contribution in [0.4, 0.5) is 5.82 Å². The first-order valence-electron chi connectivity index (χ1n) is 6.11. The lowest BCUT2D eigenvalue weighted by Crippen LogP contribution is -1.93. The third-order valence-corrected chi connectivity index (χ3v) is 13.7. The fourth-order valence-electron chi connectivity index (χ4n) is 1.11. The zero-order valence-electron chi connectivity index (χ0n) is 12.8. The van der Waals surface area contributed by atoms with Crippen LogP contribution in [0.5, 0.6) is 0 Å². The van der Waals surface area contributed by atoms with Gasteiger partial charge in [0, 0.05) is 10.3 Å². The van der Waals surface area contributed by atoms with Crippen molar-refractivity contribution in [3.8, 4) is 0 Å². The second kappa shape index (κ2) is 14.7. The fourth-order valence-corrected chi connectivity index (χ4v) is 1.11. The van der Waals surface area contributed by atoms with Crippen molar-refractivity contribution in [1.29, 1.82) is 0 Å². The topological polar surface area (TPSA) is 87.0 Å². The molecule has 2 radical (unpaired) electrons. The van der Waals surface area contributed by atoms with Gasteiger partial charge in [0.1, 0.15) is 0 Å². The molecule has 12 heteroatoms. The average molecular weight is 396 g/mol. The van der Waals surface area contributed by atoms with Crippen LogP contribution in [0.2, 0.25) is 0 Å². The number of benzene rings is 1. The first-order valence-corrected chi connectivity index (χ1v) is 14.3. The predicted octanol–water partition coefficient (Wildman–Crippen LogP) is 3.90. The number of nitrogens with zero attached hydrogens (tertiary/aromatic N) is 3. The highest BCUT2D eigenvalue weighted by Gasteiger charge is 2.01. The van der Waals surface area contributed by atoms with Gasteiger partial charge < -0.3 is 10.3 Å². The highest BCUT2D eigenvalue weighted by molar-refractivity contribution is 8.77. The number of anilines is 1. The molecule has 0 saturated heterocycles. The maximum Gasteiger partial charge on any atom is 0.265 e. The summed E-state index contributed by atoms with van der Waals surface area (Å²) < 4.78 is 1.28. The third-order valence-electron chi connectivity index (χ3n) is 1.79. The standard InChI is InChI=1S/C7H6BN3.C2H6.CH3NO2.H7P5/c8-11-6-4-2-1-3-5(6)7(9)10-11;1-2;1-2(3)4;1-4-5(2)3/h1-4H,(H2,9,10);1-2H3;1H3;4H,1-3H2. The minimum absolute atomic E-state index is 0.226. The van der Waals surface area contributed by atoms with Gasteiger partial charge in [0.2, 0.25) is 0 Å². The number of hydrogen-bond donors (Lipinski definition) is 1. The van der Waals surface area contributed by atoms with E-state index in [1.165, 1.54) is 4.59 Å². The van der Waals surface area contributed by atoms with Gasteiger partial charge in [0.05, 0.1) is 5.52 Å². The largest absolute Gasteiger partial charge is 0.382 e. The molecule has 122 valence electrons. The van der Waals surface area contributed by atoms with E-state index in [4.69, 9.17) is 23.8 Å². The Morgan fingerprint density at radius 2 is 1.82 bits per heavy atom. The number of nitro groups is 1. The Hall–Kier alpha value is 0.105. The van der Waals surface area contributed by atoms with Crippen LogP contribution < -0.4 is 5.73 Å². The lowest BCUT2D eigenvalue weighted by Gasteiger charge is -1.92. The van der Waals surface area contributed by atoms with E-state index in [-0.39, 0.29) is 6.99 Å². The van der Waals surface area contributed by atoms with Gasteiger partial charge in [0.15, 0.2) is 12.9 Å².